The average molecular weight is 607 g/mol. The summed E-state index contributed by atoms with van der Waals surface area (Å²) in [5.74, 6) is -1.75. The highest BCUT2D eigenvalue weighted by atomic mass is 32.2. The van der Waals surface area contributed by atoms with Gasteiger partial charge in [-0.1, -0.05) is 24.3 Å². The number of hydrogen-bond acceptors (Lipinski definition) is 6. The van der Waals surface area contributed by atoms with E-state index in [1.807, 2.05) is 0 Å². The van der Waals surface area contributed by atoms with Gasteiger partial charge in [-0.3, -0.25) is 0 Å². The summed E-state index contributed by atoms with van der Waals surface area (Å²) in [6.45, 7) is 0. The number of carbonyl (C=O) groups is 1. The van der Waals surface area contributed by atoms with Gasteiger partial charge >= 0.3 is 5.97 Å². The first-order chi connectivity index (χ1) is 20.0. The van der Waals surface area contributed by atoms with E-state index in [-0.39, 0.29) is 10.6 Å². The van der Waals surface area contributed by atoms with Crippen LogP contribution < -0.4 is 5.14 Å². The maximum atomic E-state index is 15.2. The molecule has 0 bridgehead atoms. The van der Waals surface area contributed by atoms with Crippen LogP contribution >= 0.6 is 11.3 Å². The van der Waals surface area contributed by atoms with E-state index in [2.05, 4.69) is 4.98 Å². The van der Waals surface area contributed by atoms with Crippen molar-refractivity contribution < 1.29 is 27.1 Å². The Kier molecular flexibility index (Phi) is 7.21. The average Bonchev–Trinajstić information content (AvgIpc) is 3.49. The zero-order valence-corrected chi connectivity index (χ0v) is 23.6. The first-order valence-electron chi connectivity index (χ1n) is 13.0. The minimum atomic E-state index is -3.87. The Morgan fingerprint density at radius 3 is 2.36 bits per heavy atom. The number of nitrogens with two attached hydrogens (primary N) is 1. The molecule has 42 heavy (non-hydrogen) atoms. The van der Waals surface area contributed by atoms with Gasteiger partial charge in [-0.15, -0.1) is 11.3 Å². The van der Waals surface area contributed by atoms with Gasteiger partial charge in [0.25, 0.3) is 0 Å². The number of thiazole rings is 1. The maximum Gasteiger partial charge on any atom is 0.355 e. The highest BCUT2D eigenvalue weighted by molar-refractivity contribution is 7.89. The van der Waals surface area contributed by atoms with Crippen LogP contribution in [-0.4, -0.2) is 34.3 Å². The molecule has 0 saturated heterocycles. The molecule has 2 heterocycles. The van der Waals surface area contributed by atoms with Gasteiger partial charge in [0.15, 0.2) is 5.69 Å². The number of aromatic nitrogens is 3. The van der Waals surface area contributed by atoms with E-state index in [4.69, 9.17) is 10.2 Å². The third kappa shape index (κ3) is 5.87. The Labute approximate surface area is 244 Å². The Morgan fingerprint density at radius 2 is 1.71 bits per heavy atom. The van der Waals surface area contributed by atoms with Crippen LogP contribution in [0.5, 0.6) is 0 Å². The molecule has 1 fully saturated rings. The van der Waals surface area contributed by atoms with E-state index in [0.717, 1.165) is 41.0 Å². The van der Waals surface area contributed by atoms with Gasteiger partial charge in [0.1, 0.15) is 11.6 Å². The number of nitrogens with zero attached hydrogens (tertiary/aromatic N) is 3. The lowest BCUT2D eigenvalue weighted by Crippen LogP contribution is -2.11. The highest BCUT2D eigenvalue weighted by Gasteiger charge is 2.29. The fourth-order valence-electron chi connectivity index (χ4n) is 4.90. The lowest BCUT2D eigenvalue weighted by Gasteiger charge is -2.12. The van der Waals surface area contributed by atoms with Gasteiger partial charge in [-0.05, 0) is 84.3 Å². The van der Waals surface area contributed by atoms with Crippen molar-refractivity contribution in [1.82, 2.24) is 14.8 Å². The summed E-state index contributed by atoms with van der Waals surface area (Å²) in [5.41, 5.74) is 4.07. The summed E-state index contributed by atoms with van der Waals surface area (Å²) in [7, 11) is -3.87. The number of halogens is 2. The van der Waals surface area contributed by atoms with E-state index >= 15 is 4.39 Å². The lowest BCUT2D eigenvalue weighted by atomic mass is 9.95. The molecule has 0 amide bonds. The molecule has 0 atom stereocenters. The largest absolute Gasteiger partial charge is 0.476 e. The summed E-state index contributed by atoms with van der Waals surface area (Å²) in [6.07, 6.45) is 3.09. The molecule has 0 unspecified atom stereocenters. The molecule has 214 valence electrons. The van der Waals surface area contributed by atoms with Gasteiger partial charge in [0.2, 0.25) is 15.2 Å². The van der Waals surface area contributed by atoms with E-state index in [1.54, 1.807) is 35.0 Å². The van der Waals surface area contributed by atoms with Gasteiger partial charge in [0, 0.05) is 22.9 Å². The number of rotatable bonds is 9. The summed E-state index contributed by atoms with van der Waals surface area (Å²) in [6, 6.07) is 16.5. The van der Waals surface area contributed by atoms with Crippen LogP contribution in [-0.2, 0) is 22.9 Å². The van der Waals surface area contributed by atoms with E-state index in [9.17, 15) is 22.7 Å². The molecular formula is C30H24F2N4O4S2. The number of carboxylic acid groups (broad SMARTS) is 1. The second kappa shape index (κ2) is 10.9. The zero-order valence-electron chi connectivity index (χ0n) is 22.0. The smallest absolute Gasteiger partial charge is 0.355 e. The van der Waals surface area contributed by atoms with Crippen LogP contribution in [0.3, 0.4) is 0 Å². The topological polar surface area (TPSA) is 128 Å². The van der Waals surface area contributed by atoms with E-state index < -0.39 is 27.6 Å². The predicted octanol–water partition coefficient (Wildman–Crippen LogP) is 5.83. The molecule has 1 aliphatic carbocycles. The van der Waals surface area contributed by atoms with Crippen LogP contribution in [0, 0.1) is 17.6 Å². The summed E-state index contributed by atoms with van der Waals surface area (Å²) < 4.78 is 54.4. The quantitative estimate of drug-likeness (QED) is 0.217. The Bertz CT molecular complexity index is 1930. The van der Waals surface area contributed by atoms with E-state index in [0.29, 0.717) is 46.3 Å². The van der Waals surface area contributed by atoms with Crippen molar-refractivity contribution in [3.05, 3.63) is 106 Å². The minimum Gasteiger partial charge on any atom is -0.476 e. The normalized spacial score (nSPS) is 13.4. The number of hydrogen-bond donors (Lipinski definition) is 2. The zero-order chi connectivity index (χ0) is 29.6. The van der Waals surface area contributed by atoms with Gasteiger partial charge < -0.3 is 5.11 Å². The second-order valence-corrected chi connectivity index (χ2v) is 12.7. The van der Waals surface area contributed by atoms with Crippen molar-refractivity contribution in [2.75, 3.05) is 0 Å². The maximum absolute atomic E-state index is 15.2. The molecule has 0 radical (unpaired) electrons. The van der Waals surface area contributed by atoms with Gasteiger partial charge in [-0.2, -0.15) is 5.10 Å². The molecule has 0 spiro atoms. The molecule has 1 saturated carbocycles. The van der Waals surface area contributed by atoms with Crippen molar-refractivity contribution in [3.8, 4) is 27.5 Å². The van der Waals surface area contributed by atoms with Gasteiger partial charge in [0.05, 0.1) is 16.3 Å². The number of carboxylic acids is 1. The summed E-state index contributed by atoms with van der Waals surface area (Å²) in [5, 5.41) is 21.4. The van der Waals surface area contributed by atoms with E-state index in [1.165, 1.54) is 41.8 Å². The molecule has 3 aromatic carbocycles. The van der Waals surface area contributed by atoms with Crippen LogP contribution in [0.1, 0.15) is 40.2 Å². The second-order valence-electron chi connectivity index (χ2n) is 10.3. The Morgan fingerprint density at radius 1 is 1.00 bits per heavy atom. The Hall–Kier alpha value is -4.26. The fourth-order valence-corrected chi connectivity index (χ4v) is 6.17. The molecule has 3 N–H and O–H groups in total. The first-order valence-corrected chi connectivity index (χ1v) is 15.5. The third-order valence-corrected chi connectivity index (χ3v) is 8.85. The SMILES string of the molecule is NS(=O)(=O)c1ccc(Cc2c(CC3CC3)nn(-c3nc(C(=O)O)cs3)c2-c2cc(F)cc(-c3cccc(F)c3)c2)cc1. The molecular weight excluding hydrogens is 582 g/mol. The molecule has 2 aromatic heterocycles. The first kappa shape index (κ1) is 27.9. The number of benzene rings is 3. The summed E-state index contributed by atoms with van der Waals surface area (Å²) >= 11 is 1.10. The number of aromatic carboxylic acids is 1. The van der Waals surface area contributed by atoms with Crippen molar-refractivity contribution in [2.45, 2.75) is 30.6 Å². The number of sulfonamides is 1. The van der Waals surface area contributed by atoms with Crippen LogP contribution in [0.15, 0.2) is 77.0 Å². The van der Waals surface area contributed by atoms with Crippen LogP contribution in [0.25, 0.3) is 27.5 Å². The van der Waals surface area contributed by atoms with Crippen LogP contribution in [0.2, 0.25) is 0 Å². The van der Waals surface area contributed by atoms with Crippen molar-refractivity contribution in [1.29, 1.82) is 0 Å². The Balaban J connectivity index is 1.56. The molecule has 8 nitrogen and oxygen atoms in total. The predicted molar refractivity (Wildman–Crippen MR) is 154 cm³/mol. The molecule has 5 aromatic rings. The monoisotopic (exact) mass is 606 g/mol. The number of primary sulfonamides is 1. The van der Waals surface area contributed by atoms with Crippen molar-refractivity contribution in [3.63, 3.8) is 0 Å². The lowest BCUT2D eigenvalue weighted by molar-refractivity contribution is 0.0691. The molecule has 6 rings (SSSR count). The standard InChI is InChI=1S/C30H24F2N4O4S2/c31-22-3-1-2-19(13-22)20-12-21(15-23(32)14-20)28-25(10-17-6-8-24(9-7-17)42(33,39)40)26(11-18-4-5-18)35-36(28)30-34-27(16-41-30)29(37)38/h1-3,6-9,12-16,18H,4-5,10-11H2,(H,37,38)(H2,33,39,40). The third-order valence-electron chi connectivity index (χ3n) is 7.10. The summed E-state index contributed by atoms with van der Waals surface area (Å²) in [4.78, 5) is 15.9. The highest BCUT2D eigenvalue weighted by Crippen LogP contribution is 2.39. The van der Waals surface area contributed by atoms with Crippen molar-refractivity contribution >= 4 is 27.3 Å². The minimum absolute atomic E-state index is 0.0192. The molecule has 12 heteroatoms. The molecule has 1 aliphatic rings. The molecule has 0 aliphatic heterocycles. The van der Waals surface area contributed by atoms with Crippen LogP contribution in [0.4, 0.5) is 8.78 Å². The van der Waals surface area contributed by atoms with Gasteiger partial charge in [-0.25, -0.2) is 36.8 Å². The fraction of sp³-hybridized carbons (Fsp3) is 0.167. The van der Waals surface area contributed by atoms with Crippen molar-refractivity contribution in [2.24, 2.45) is 11.1 Å².